The summed E-state index contributed by atoms with van der Waals surface area (Å²) in [5.41, 5.74) is 1.50. The summed E-state index contributed by atoms with van der Waals surface area (Å²) in [6.07, 6.45) is 19.0. The van der Waals surface area contributed by atoms with E-state index in [1.54, 1.807) is 0 Å². The molecule has 0 radical (unpaired) electrons. The Balaban J connectivity index is 0.000000687. The molecule has 1 aromatic rings. The molecule has 2 rings (SSSR count). The molecule has 1 aliphatic carbocycles. The minimum Gasteiger partial charge on any atom is -0.464 e. The maximum Gasteiger partial charge on any atom is 0.325 e. The average molecular weight is 535 g/mol. The molecule has 8 nitrogen and oxygen atoms in total. The number of aryl methyl sites for hydroxylation is 1. The first-order chi connectivity index (χ1) is 18.5. The summed E-state index contributed by atoms with van der Waals surface area (Å²) < 4.78 is 4.75. The lowest BCUT2D eigenvalue weighted by Crippen LogP contribution is -2.30. The Kier molecular flexibility index (Phi) is 23.8. The highest BCUT2D eigenvalue weighted by Gasteiger charge is 2.13. The van der Waals surface area contributed by atoms with Crippen molar-refractivity contribution >= 4 is 11.9 Å². The van der Waals surface area contributed by atoms with Gasteiger partial charge in [-0.15, -0.1) is 10.1 Å². The topological polar surface area (TPSA) is 108 Å². The molecule has 0 saturated heterocycles. The fourth-order valence-electron chi connectivity index (χ4n) is 4.12. The molecule has 0 unspecified atom stereocenters. The summed E-state index contributed by atoms with van der Waals surface area (Å²) in [5, 5.41) is 11.4. The SMILES string of the molecule is C/C=C\CCCC(=O)NCC(=O)OCCCO[N+](=O)[O-].CC.c1ccc(CCCCCC2CCCC2)cc1. The molecule has 216 valence electrons. The van der Waals surface area contributed by atoms with Crippen LogP contribution in [0.5, 0.6) is 0 Å². The molecule has 1 fully saturated rings. The van der Waals surface area contributed by atoms with Crippen molar-refractivity contribution in [1.29, 1.82) is 0 Å². The van der Waals surface area contributed by atoms with E-state index in [2.05, 4.69) is 40.5 Å². The molecule has 38 heavy (non-hydrogen) atoms. The molecule has 0 aromatic heterocycles. The van der Waals surface area contributed by atoms with Gasteiger partial charge < -0.3 is 14.9 Å². The fraction of sp³-hybridized carbons (Fsp3) is 0.667. The third kappa shape index (κ3) is 22.3. The molecule has 1 N–H and O–H groups in total. The van der Waals surface area contributed by atoms with Crippen LogP contribution in [-0.4, -0.2) is 36.7 Å². The first-order valence-corrected chi connectivity index (χ1v) is 14.4. The Bertz CT molecular complexity index is 748. The summed E-state index contributed by atoms with van der Waals surface area (Å²) in [5.74, 6) is 0.299. The van der Waals surface area contributed by atoms with E-state index >= 15 is 0 Å². The number of hydrogen-bond acceptors (Lipinski definition) is 6. The number of amides is 1. The molecule has 0 heterocycles. The molecule has 0 bridgehead atoms. The van der Waals surface area contributed by atoms with E-state index in [0.717, 1.165) is 18.8 Å². The van der Waals surface area contributed by atoms with Crippen LogP contribution in [0, 0.1) is 16.0 Å². The van der Waals surface area contributed by atoms with Crippen LogP contribution in [0.1, 0.15) is 103 Å². The standard InChI is InChI=1S/C16H24.C12H20N2O6.C2H6/c1-3-9-15(10-4-1)11-5-2-6-12-16-13-7-8-14-16;1-2-3-4-5-7-11(15)13-10-12(16)19-8-6-9-20-14(17)18;1-2/h1,3-4,9-10,16H,2,5-8,11-14H2;2-3H,4-10H2,1H3,(H,13,15);1-2H3/b;3-2-;. The Morgan fingerprint density at radius 1 is 1.03 bits per heavy atom. The molecular formula is C30H50N2O6. The lowest BCUT2D eigenvalue weighted by atomic mass is 9.98. The van der Waals surface area contributed by atoms with Crippen LogP contribution in [0.4, 0.5) is 0 Å². The maximum atomic E-state index is 11.3. The highest BCUT2D eigenvalue weighted by atomic mass is 16.9. The van der Waals surface area contributed by atoms with Gasteiger partial charge in [0.2, 0.25) is 5.91 Å². The van der Waals surface area contributed by atoms with Gasteiger partial charge in [-0.1, -0.05) is 101 Å². The number of hydrogen-bond donors (Lipinski definition) is 1. The second kappa shape index (κ2) is 25.7. The average Bonchev–Trinajstić information content (AvgIpc) is 3.45. The number of nitrogens with one attached hydrogen (secondary N) is 1. The van der Waals surface area contributed by atoms with Crippen molar-refractivity contribution in [3.63, 3.8) is 0 Å². The minimum atomic E-state index is -0.907. The highest BCUT2D eigenvalue weighted by molar-refractivity contribution is 5.81. The molecule has 1 aliphatic rings. The number of benzene rings is 1. The summed E-state index contributed by atoms with van der Waals surface area (Å²) in [6, 6.07) is 10.9. The van der Waals surface area contributed by atoms with Gasteiger partial charge in [-0.3, -0.25) is 9.59 Å². The minimum absolute atomic E-state index is 0.0177. The van der Waals surface area contributed by atoms with Crippen LogP contribution in [-0.2, 0) is 25.6 Å². The van der Waals surface area contributed by atoms with Gasteiger partial charge >= 0.3 is 5.97 Å². The van der Waals surface area contributed by atoms with Gasteiger partial charge in [0.15, 0.2) is 0 Å². The molecule has 0 aliphatic heterocycles. The first kappa shape index (κ1) is 35.1. The summed E-state index contributed by atoms with van der Waals surface area (Å²) >= 11 is 0. The van der Waals surface area contributed by atoms with Gasteiger partial charge in [-0.2, -0.15) is 0 Å². The van der Waals surface area contributed by atoms with E-state index in [4.69, 9.17) is 4.74 Å². The number of ether oxygens (including phenoxy) is 1. The molecule has 0 atom stereocenters. The predicted molar refractivity (Wildman–Crippen MR) is 152 cm³/mol. The Morgan fingerprint density at radius 2 is 1.74 bits per heavy atom. The van der Waals surface area contributed by atoms with Crippen LogP contribution >= 0.6 is 0 Å². The number of rotatable bonds is 17. The number of allylic oxidation sites excluding steroid dienone is 2. The lowest BCUT2D eigenvalue weighted by Gasteiger charge is -2.07. The Morgan fingerprint density at radius 3 is 2.39 bits per heavy atom. The monoisotopic (exact) mass is 534 g/mol. The zero-order valence-electron chi connectivity index (χ0n) is 23.8. The van der Waals surface area contributed by atoms with E-state index in [9.17, 15) is 19.7 Å². The van der Waals surface area contributed by atoms with Crippen molar-refractivity contribution in [2.45, 2.75) is 104 Å². The van der Waals surface area contributed by atoms with Crippen molar-refractivity contribution in [1.82, 2.24) is 5.32 Å². The smallest absolute Gasteiger partial charge is 0.325 e. The van der Waals surface area contributed by atoms with E-state index in [1.165, 1.54) is 63.4 Å². The molecular weight excluding hydrogens is 484 g/mol. The third-order valence-corrected chi connectivity index (χ3v) is 6.08. The van der Waals surface area contributed by atoms with Crippen molar-refractivity contribution in [2.75, 3.05) is 19.8 Å². The van der Waals surface area contributed by atoms with Gasteiger partial charge in [0.05, 0.1) is 13.2 Å². The van der Waals surface area contributed by atoms with Gasteiger partial charge in [0, 0.05) is 12.8 Å². The van der Waals surface area contributed by atoms with Gasteiger partial charge in [0.25, 0.3) is 5.09 Å². The molecule has 1 saturated carbocycles. The second-order valence-electron chi connectivity index (χ2n) is 9.10. The molecule has 1 aromatic carbocycles. The number of carbonyl (C=O) groups excluding carboxylic acids is 2. The summed E-state index contributed by atoms with van der Waals surface area (Å²) in [6.45, 7) is 5.60. The van der Waals surface area contributed by atoms with Crippen LogP contribution in [0.15, 0.2) is 42.5 Å². The number of unbranched alkanes of at least 4 members (excludes halogenated alkanes) is 3. The first-order valence-electron chi connectivity index (χ1n) is 14.4. The van der Waals surface area contributed by atoms with Crippen LogP contribution in [0.25, 0.3) is 0 Å². The van der Waals surface area contributed by atoms with E-state index < -0.39 is 11.1 Å². The zero-order chi connectivity index (χ0) is 28.3. The van der Waals surface area contributed by atoms with Gasteiger partial charge in [-0.25, -0.2) is 0 Å². The summed E-state index contributed by atoms with van der Waals surface area (Å²) in [4.78, 5) is 36.4. The number of nitrogens with zero attached hydrogens (tertiary/aromatic N) is 1. The lowest BCUT2D eigenvalue weighted by molar-refractivity contribution is -0.757. The van der Waals surface area contributed by atoms with Crippen molar-refractivity contribution in [2.24, 2.45) is 5.92 Å². The molecule has 8 heteroatoms. The largest absolute Gasteiger partial charge is 0.464 e. The van der Waals surface area contributed by atoms with E-state index in [1.807, 2.05) is 32.9 Å². The number of carbonyl (C=O) groups is 2. The third-order valence-electron chi connectivity index (χ3n) is 6.08. The van der Waals surface area contributed by atoms with E-state index in [-0.39, 0.29) is 32.1 Å². The van der Waals surface area contributed by atoms with E-state index in [0.29, 0.717) is 6.42 Å². The van der Waals surface area contributed by atoms with Crippen LogP contribution < -0.4 is 5.32 Å². The second-order valence-corrected chi connectivity index (χ2v) is 9.10. The van der Waals surface area contributed by atoms with Crippen LogP contribution in [0.2, 0.25) is 0 Å². The van der Waals surface area contributed by atoms with Gasteiger partial charge in [-0.05, 0) is 44.1 Å². The normalized spacial score (nSPS) is 12.6. The van der Waals surface area contributed by atoms with Crippen molar-refractivity contribution < 1.29 is 24.3 Å². The Labute approximate surface area is 229 Å². The summed E-state index contributed by atoms with van der Waals surface area (Å²) in [7, 11) is 0. The van der Waals surface area contributed by atoms with Crippen LogP contribution in [0.3, 0.4) is 0 Å². The molecule has 1 amide bonds. The zero-order valence-corrected chi connectivity index (χ0v) is 23.8. The quantitative estimate of drug-likeness (QED) is 0.0758. The molecule has 0 spiro atoms. The Hall–Kier alpha value is -2.90. The highest BCUT2D eigenvalue weighted by Crippen LogP contribution is 2.29. The fourth-order valence-corrected chi connectivity index (χ4v) is 4.12. The predicted octanol–water partition coefficient (Wildman–Crippen LogP) is 7.00. The number of esters is 1. The maximum absolute atomic E-state index is 11.3. The van der Waals surface area contributed by atoms with Crippen molar-refractivity contribution in [3.8, 4) is 0 Å². The van der Waals surface area contributed by atoms with Crippen molar-refractivity contribution in [3.05, 3.63) is 58.2 Å². The van der Waals surface area contributed by atoms with Gasteiger partial charge in [0.1, 0.15) is 6.54 Å².